The van der Waals surface area contributed by atoms with Crippen molar-refractivity contribution in [3.63, 3.8) is 0 Å². The fourth-order valence-corrected chi connectivity index (χ4v) is 3.28. The second-order valence-electron chi connectivity index (χ2n) is 4.19. The van der Waals surface area contributed by atoms with Gasteiger partial charge in [0.25, 0.3) is 5.91 Å². The third kappa shape index (κ3) is 2.28. The van der Waals surface area contributed by atoms with E-state index >= 15 is 0 Å². The maximum absolute atomic E-state index is 12.0. The number of aryl methyl sites for hydroxylation is 2. The number of methoxy groups -OCH3 is 1. The lowest BCUT2D eigenvalue weighted by Crippen LogP contribution is -2.27. The fourth-order valence-electron chi connectivity index (χ4n) is 2.04. The van der Waals surface area contributed by atoms with Crippen LogP contribution in [0.5, 0.6) is 0 Å². The molecule has 1 aromatic heterocycles. The molecule has 0 radical (unpaired) electrons. The summed E-state index contributed by atoms with van der Waals surface area (Å²) in [5.41, 5.74) is 1.38. The number of thiophene rings is 1. The van der Waals surface area contributed by atoms with Crippen LogP contribution in [0, 0.1) is 0 Å². The Labute approximate surface area is 100 Å². The molecule has 1 aromatic rings. The van der Waals surface area contributed by atoms with Gasteiger partial charge in [0.1, 0.15) is 6.73 Å². The molecule has 1 aliphatic rings. The molecule has 0 fully saturated rings. The van der Waals surface area contributed by atoms with Gasteiger partial charge in [-0.15, -0.1) is 11.3 Å². The van der Waals surface area contributed by atoms with Crippen molar-refractivity contribution in [1.82, 2.24) is 4.90 Å². The zero-order valence-electron chi connectivity index (χ0n) is 9.78. The number of amides is 1. The summed E-state index contributed by atoms with van der Waals surface area (Å²) in [6.45, 7) is 0.349. The van der Waals surface area contributed by atoms with Crippen LogP contribution in [-0.4, -0.2) is 31.7 Å². The van der Waals surface area contributed by atoms with E-state index < -0.39 is 0 Å². The largest absolute Gasteiger partial charge is 0.364 e. The normalized spacial score (nSPS) is 14.6. The van der Waals surface area contributed by atoms with Gasteiger partial charge in [-0.1, -0.05) is 0 Å². The second-order valence-corrected chi connectivity index (χ2v) is 5.32. The van der Waals surface area contributed by atoms with Crippen LogP contribution in [0.4, 0.5) is 0 Å². The molecule has 4 heteroatoms. The maximum Gasteiger partial charge on any atom is 0.265 e. The Balaban J connectivity index is 2.14. The first-order valence-electron chi connectivity index (χ1n) is 5.58. The molecule has 0 N–H and O–H groups in total. The summed E-state index contributed by atoms with van der Waals surface area (Å²) in [6.07, 6.45) is 4.79. The molecule has 0 bridgehead atoms. The average molecular weight is 239 g/mol. The van der Waals surface area contributed by atoms with E-state index in [0.29, 0.717) is 6.73 Å². The molecule has 3 nitrogen and oxygen atoms in total. The van der Waals surface area contributed by atoms with Gasteiger partial charge in [0, 0.05) is 19.0 Å². The molecule has 1 heterocycles. The third-order valence-corrected chi connectivity index (χ3v) is 4.10. The maximum atomic E-state index is 12.0. The molecule has 0 aliphatic heterocycles. The third-order valence-electron chi connectivity index (χ3n) is 2.88. The van der Waals surface area contributed by atoms with Crippen molar-refractivity contribution in [2.24, 2.45) is 0 Å². The van der Waals surface area contributed by atoms with Gasteiger partial charge in [0.15, 0.2) is 0 Å². The molecule has 88 valence electrons. The number of fused-ring (bicyclic) bond motifs is 1. The highest BCUT2D eigenvalue weighted by molar-refractivity contribution is 7.14. The first kappa shape index (κ1) is 11.6. The van der Waals surface area contributed by atoms with Gasteiger partial charge in [0.2, 0.25) is 0 Å². The van der Waals surface area contributed by atoms with Gasteiger partial charge in [0.05, 0.1) is 4.88 Å². The number of hydrogen-bond acceptors (Lipinski definition) is 3. The van der Waals surface area contributed by atoms with Crippen molar-refractivity contribution in [1.29, 1.82) is 0 Å². The molecule has 0 unspecified atom stereocenters. The highest BCUT2D eigenvalue weighted by Gasteiger charge is 2.19. The minimum Gasteiger partial charge on any atom is -0.364 e. The SMILES string of the molecule is COCN(C)C(=O)c1cc2c(s1)CCCC2. The van der Waals surface area contributed by atoms with Crippen LogP contribution in [0.25, 0.3) is 0 Å². The summed E-state index contributed by atoms with van der Waals surface area (Å²) in [6, 6.07) is 2.06. The van der Waals surface area contributed by atoms with E-state index in [-0.39, 0.29) is 5.91 Å². The molecule has 0 atom stereocenters. The lowest BCUT2D eigenvalue weighted by atomic mass is 9.99. The molecule has 2 rings (SSSR count). The summed E-state index contributed by atoms with van der Waals surface area (Å²) < 4.78 is 4.96. The molecular formula is C12H17NO2S. The van der Waals surface area contributed by atoms with Gasteiger partial charge >= 0.3 is 0 Å². The van der Waals surface area contributed by atoms with Gasteiger partial charge in [-0.3, -0.25) is 4.79 Å². The molecule has 0 aromatic carbocycles. The van der Waals surface area contributed by atoms with Crippen LogP contribution >= 0.6 is 11.3 Å². The Morgan fingerprint density at radius 2 is 2.25 bits per heavy atom. The molecule has 1 aliphatic carbocycles. The molecule has 0 saturated heterocycles. The summed E-state index contributed by atoms with van der Waals surface area (Å²) >= 11 is 1.65. The Morgan fingerprint density at radius 1 is 1.50 bits per heavy atom. The van der Waals surface area contributed by atoms with Crippen molar-refractivity contribution in [2.45, 2.75) is 25.7 Å². The fraction of sp³-hybridized carbons (Fsp3) is 0.583. The summed E-state index contributed by atoms with van der Waals surface area (Å²) in [4.78, 5) is 15.9. The molecule has 0 spiro atoms. The van der Waals surface area contributed by atoms with Gasteiger partial charge < -0.3 is 9.64 Å². The Hall–Kier alpha value is -0.870. The average Bonchev–Trinajstić information content (AvgIpc) is 2.71. The lowest BCUT2D eigenvalue weighted by Gasteiger charge is -2.14. The van der Waals surface area contributed by atoms with Gasteiger partial charge in [-0.05, 0) is 37.3 Å². The smallest absolute Gasteiger partial charge is 0.265 e. The number of hydrogen-bond donors (Lipinski definition) is 0. The first-order chi connectivity index (χ1) is 7.72. The van der Waals surface area contributed by atoms with E-state index in [1.165, 1.54) is 23.3 Å². The van der Waals surface area contributed by atoms with Crippen molar-refractivity contribution >= 4 is 17.2 Å². The van der Waals surface area contributed by atoms with Crippen LogP contribution in [0.1, 0.15) is 33.0 Å². The summed E-state index contributed by atoms with van der Waals surface area (Å²) in [5.74, 6) is 0.0706. The molecule has 1 amide bonds. The van der Waals surface area contributed by atoms with E-state index in [1.807, 2.05) is 0 Å². The number of nitrogens with zero attached hydrogens (tertiary/aromatic N) is 1. The quantitative estimate of drug-likeness (QED) is 0.757. The van der Waals surface area contributed by atoms with E-state index in [2.05, 4.69) is 6.07 Å². The predicted molar refractivity (Wildman–Crippen MR) is 64.9 cm³/mol. The van der Waals surface area contributed by atoms with E-state index in [9.17, 15) is 4.79 Å². The number of carbonyl (C=O) groups is 1. The van der Waals surface area contributed by atoms with E-state index in [0.717, 1.165) is 17.7 Å². The van der Waals surface area contributed by atoms with Gasteiger partial charge in [-0.25, -0.2) is 0 Å². The number of carbonyl (C=O) groups excluding carboxylic acids is 1. The monoisotopic (exact) mass is 239 g/mol. The Kier molecular flexibility index (Phi) is 3.61. The van der Waals surface area contributed by atoms with Crippen LogP contribution in [0.3, 0.4) is 0 Å². The molecular weight excluding hydrogens is 222 g/mol. The molecule has 16 heavy (non-hydrogen) atoms. The van der Waals surface area contributed by atoms with Crippen LogP contribution < -0.4 is 0 Å². The standard InChI is InChI=1S/C12H17NO2S/c1-13(8-15-2)12(14)11-7-9-5-3-4-6-10(9)16-11/h7H,3-6,8H2,1-2H3. The van der Waals surface area contributed by atoms with Gasteiger partial charge in [-0.2, -0.15) is 0 Å². The summed E-state index contributed by atoms with van der Waals surface area (Å²) in [7, 11) is 3.37. The highest BCUT2D eigenvalue weighted by Crippen LogP contribution is 2.30. The van der Waals surface area contributed by atoms with Crippen molar-refractivity contribution in [3.8, 4) is 0 Å². The number of rotatable bonds is 3. The van der Waals surface area contributed by atoms with Crippen LogP contribution in [-0.2, 0) is 17.6 Å². The number of ether oxygens (including phenoxy) is 1. The lowest BCUT2D eigenvalue weighted by molar-refractivity contribution is 0.0512. The van der Waals surface area contributed by atoms with Crippen molar-refractivity contribution < 1.29 is 9.53 Å². The minimum absolute atomic E-state index is 0.0706. The van der Waals surface area contributed by atoms with Crippen molar-refractivity contribution in [2.75, 3.05) is 20.9 Å². The topological polar surface area (TPSA) is 29.5 Å². The highest BCUT2D eigenvalue weighted by atomic mass is 32.1. The second kappa shape index (κ2) is 4.97. The predicted octanol–water partition coefficient (Wildman–Crippen LogP) is 2.30. The van der Waals surface area contributed by atoms with Crippen molar-refractivity contribution in [3.05, 3.63) is 21.4 Å². The van der Waals surface area contributed by atoms with E-state index in [4.69, 9.17) is 4.74 Å². The zero-order valence-corrected chi connectivity index (χ0v) is 10.6. The first-order valence-corrected chi connectivity index (χ1v) is 6.40. The van der Waals surface area contributed by atoms with E-state index in [1.54, 1.807) is 30.4 Å². The Morgan fingerprint density at radius 3 is 2.94 bits per heavy atom. The van der Waals surface area contributed by atoms with Crippen LogP contribution in [0.15, 0.2) is 6.07 Å². The minimum atomic E-state index is 0.0706. The molecule has 0 saturated carbocycles. The summed E-state index contributed by atoms with van der Waals surface area (Å²) in [5, 5.41) is 0. The van der Waals surface area contributed by atoms with Crippen LogP contribution in [0.2, 0.25) is 0 Å². The Bertz CT molecular complexity index is 363. The zero-order chi connectivity index (χ0) is 11.5.